The molecule has 2 aromatic carbocycles. The molecule has 0 saturated heterocycles. The summed E-state index contributed by atoms with van der Waals surface area (Å²) < 4.78 is 18.8. The first-order chi connectivity index (χ1) is 8.70. The van der Waals surface area contributed by atoms with Crippen LogP contribution < -0.4 is 4.74 Å². The molecule has 0 amide bonds. The van der Waals surface area contributed by atoms with Crippen molar-refractivity contribution in [3.05, 3.63) is 64.4 Å². The van der Waals surface area contributed by atoms with Gasteiger partial charge < -0.3 is 4.74 Å². The Labute approximate surface area is 109 Å². The van der Waals surface area contributed by atoms with E-state index in [1.54, 1.807) is 0 Å². The highest BCUT2D eigenvalue weighted by Gasteiger charge is 2.09. The third kappa shape index (κ3) is 2.87. The Kier molecular flexibility index (Phi) is 3.95. The summed E-state index contributed by atoms with van der Waals surface area (Å²) in [5, 5.41) is 0.217. The van der Waals surface area contributed by atoms with Crippen LogP contribution in [0, 0.1) is 5.82 Å². The van der Waals surface area contributed by atoms with E-state index in [2.05, 4.69) is 0 Å². The van der Waals surface area contributed by atoms with Gasteiger partial charge in [-0.1, -0.05) is 41.9 Å². The second-order valence-corrected chi connectivity index (χ2v) is 4.10. The van der Waals surface area contributed by atoms with E-state index in [0.717, 1.165) is 11.6 Å². The maximum Gasteiger partial charge on any atom is 0.153 e. The highest BCUT2D eigenvalue weighted by atomic mass is 35.5. The van der Waals surface area contributed by atoms with Gasteiger partial charge in [-0.2, -0.15) is 0 Å². The molecule has 92 valence electrons. The molecule has 0 saturated carbocycles. The van der Waals surface area contributed by atoms with Gasteiger partial charge in [0.1, 0.15) is 18.2 Å². The largest absolute Gasteiger partial charge is 0.487 e. The van der Waals surface area contributed by atoms with Gasteiger partial charge in [-0.05, 0) is 11.6 Å². The van der Waals surface area contributed by atoms with Crippen LogP contribution >= 0.6 is 11.6 Å². The second-order valence-electron chi connectivity index (χ2n) is 3.70. The normalized spacial score (nSPS) is 10.1. The Bertz CT molecular complexity index is 555. The molecule has 0 aliphatic rings. The monoisotopic (exact) mass is 264 g/mol. The molecule has 0 spiro atoms. The lowest BCUT2D eigenvalue weighted by molar-refractivity contribution is 0.111. The Balaban J connectivity index is 2.15. The van der Waals surface area contributed by atoms with E-state index >= 15 is 0 Å². The molecule has 0 aliphatic heterocycles. The fourth-order valence-electron chi connectivity index (χ4n) is 1.48. The summed E-state index contributed by atoms with van der Waals surface area (Å²) in [4.78, 5) is 10.5. The predicted molar refractivity (Wildman–Crippen MR) is 67.6 cm³/mol. The van der Waals surface area contributed by atoms with Gasteiger partial charge in [0.25, 0.3) is 0 Å². The minimum atomic E-state index is -0.641. The minimum absolute atomic E-state index is 0.0768. The summed E-state index contributed by atoms with van der Waals surface area (Å²) in [6.45, 7) is 0.292. The van der Waals surface area contributed by atoms with Crippen LogP contribution in [-0.4, -0.2) is 6.29 Å². The molecule has 0 radical (unpaired) electrons. The Hall–Kier alpha value is -1.87. The van der Waals surface area contributed by atoms with Crippen molar-refractivity contribution >= 4 is 17.9 Å². The molecule has 0 aromatic heterocycles. The smallest absolute Gasteiger partial charge is 0.153 e. The number of aldehydes is 1. The molecule has 2 nitrogen and oxygen atoms in total. The van der Waals surface area contributed by atoms with Gasteiger partial charge in [-0.15, -0.1) is 0 Å². The Morgan fingerprint density at radius 2 is 1.94 bits per heavy atom. The fourth-order valence-corrected chi connectivity index (χ4v) is 1.71. The van der Waals surface area contributed by atoms with Crippen LogP contribution in [0.25, 0.3) is 0 Å². The van der Waals surface area contributed by atoms with Crippen LogP contribution in [0.4, 0.5) is 4.39 Å². The zero-order chi connectivity index (χ0) is 13.0. The number of carbonyl (C=O) groups is 1. The summed E-state index contributed by atoms with van der Waals surface area (Å²) in [5.41, 5.74) is 0.875. The van der Waals surface area contributed by atoms with Gasteiger partial charge in [0.15, 0.2) is 6.29 Å². The van der Waals surface area contributed by atoms with Crippen LogP contribution in [0.5, 0.6) is 5.75 Å². The van der Waals surface area contributed by atoms with Crippen molar-refractivity contribution in [2.45, 2.75) is 6.61 Å². The van der Waals surface area contributed by atoms with E-state index in [-0.39, 0.29) is 16.3 Å². The van der Waals surface area contributed by atoms with Crippen LogP contribution in [-0.2, 0) is 6.61 Å². The third-order valence-corrected chi connectivity index (χ3v) is 2.71. The average molecular weight is 265 g/mol. The van der Waals surface area contributed by atoms with Crippen molar-refractivity contribution in [2.75, 3.05) is 0 Å². The van der Waals surface area contributed by atoms with E-state index in [0.29, 0.717) is 12.9 Å². The molecule has 0 fully saturated rings. The molecule has 0 atom stereocenters. The first-order valence-corrected chi connectivity index (χ1v) is 5.69. The second kappa shape index (κ2) is 5.65. The summed E-state index contributed by atoms with van der Waals surface area (Å²) in [7, 11) is 0. The summed E-state index contributed by atoms with van der Waals surface area (Å²) in [6.07, 6.45) is 0.419. The van der Waals surface area contributed by atoms with Gasteiger partial charge in [0.05, 0.1) is 10.6 Å². The van der Waals surface area contributed by atoms with E-state index < -0.39 is 5.82 Å². The van der Waals surface area contributed by atoms with E-state index in [9.17, 15) is 9.18 Å². The standard InChI is InChI=1S/C14H10ClFO2/c15-12-6-11(8-17)13(16)7-14(12)18-9-10-4-2-1-3-5-10/h1-8H,9H2. The summed E-state index contributed by atoms with van der Waals surface area (Å²) >= 11 is 5.90. The molecule has 0 bridgehead atoms. The lowest BCUT2D eigenvalue weighted by atomic mass is 10.2. The quantitative estimate of drug-likeness (QED) is 0.784. The number of hydrogen-bond acceptors (Lipinski definition) is 2. The molecular weight excluding hydrogens is 255 g/mol. The predicted octanol–water partition coefficient (Wildman–Crippen LogP) is 3.87. The van der Waals surface area contributed by atoms with Crippen molar-refractivity contribution in [1.82, 2.24) is 0 Å². The topological polar surface area (TPSA) is 26.3 Å². The fraction of sp³-hybridized carbons (Fsp3) is 0.0714. The first kappa shape index (κ1) is 12.6. The number of halogens is 2. The summed E-state index contributed by atoms with van der Waals surface area (Å²) in [6, 6.07) is 11.8. The number of benzene rings is 2. The molecular formula is C14H10ClFO2. The number of hydrogen-bond donors (Lipinski definition) is 0. The van der Waals surface area contributed by atoms with Crippen LogP contribution in [0.3, 0.4) is 0 Å². The highest BCUT2D eigenvalue weighted by Crippen LogP contribution is 2.27. The van der Waals surface area contributed by atoms with E-state index in [1.807, 2.05) is 30.3 Å². The van der Waals surface area contributed by atoms with Crippen molar-refractivity contribution in [1.29, 1.82) is 0 Å². The molecule has 4 heteroatoms. The maximum atomic E-state index is 13.4. The highest BCUT2D eigenvalue weighted by molar-refractivity contribution is 6.32. The minimum Gasteiger partial charge on any atom is -0.487 e. The van der Waals surface area contributed by atoms with Crippen molar-refractivity contribution < 1.29 is 13.9 Å². The molecule has 2 rings (SSSR count). The van der Waals surface area contributed by atoms with Crippen molar-refractivity contribution in [3.8, 4) is 5.75 Å². The number of ether oxygens (including phenoxy) is 1. The molecule has 2 aromatic rings. The van der Waals surface area contributed by atoms with Gasteiger partial charge in [0, 0.05) is 6.07 Å². The van der Waals surface area contributed by atoms with Crippen molar-refractivity contribution in [3.63, 3.8) is 0 Å². The van der Waals surface area contributed by atoms with Gasteiger partial charge >= 0.3 is 0 Å². The lowest BCUT2D eigenvalue weighted by Gasteiger charge is -2.09. The molecule has 0 N–H and O–H groups in total. The lowest BCUT2D eigenvalue weighted by Crippen LogP contribution is -1.97. The zero-order valence-corrected chi connectivity index (χ0v) is 10.2. The third-order valence-electron chi connectivity index (χ3n) is 2.42. The SMILES string of the molecule is O=Cc1cc(Cl)c(OCc2ccccc2)cc1F. The molecule has 0 unspecified atom stereocenters. The van der Waals surface area contributed by atoms with E-state index in [4.69, 9.17) is 16.3 Å². The number of carbonyl (C=O) groups excluding carboxylic acids is 1. The zero-order valence-electron chi connectivity index (χ0n) is 9.40. The molecule has 0 aliphatic carbocycles. The first-order valence-electron chi connectivity index (χ1n) is 5.31. The van der Waals surface area contributed by atoms with Crippen LogP contribution in [0.1, 0.15) is 15.9 Å². The van der Waals surface area contributed by atoms with E-state index in [1.165, 1.54) is 6.07 Å². The number of rotatable bonds is 4. The molecule has 18 heavy (non-hydrogen) atoms. The van der Waals surface area contributed by atoms with Crippen LogP contribution in [0.15, 0.2) is 42.5 Å². The van der Waals surface area contributed by atoms with Crippen molar-refractivity contribution in [2.24, 2.45) is 0 Å². The summed E-state index contributed by atoms with van der Waals surface area (Å²) in [5.74, 6) is -0.416. The van der Waals surface area contributed by atoms with Crippen LogP contribution in [0.2, 0.25) is 5.02 Å². The Morgan fingerprint density at radius 1 is 1.22 bits per heavy atom. The maximum absolute atomic E-state index is 13.4. The van der Waals surface area contributed by atoms with Gasteiger partial charge in [0.2, 0.25) is 0 Å². The van der Waals surface area contributed by atoms with Gasteiger partial charge in [-0.25, -0.2) is 4.39 Å². The Morgan fingerprint density at radius 3 is 2.61 bits per heavy atom. The molecule has 0 heterocycles. The average Bonchev–Trinajstić information content (AvgIpc) is 2.40. The van der Waals surface area contributed by atoms with Gasteiger partial charge in [-0.3, -0.25) is 4.79 Å².